The van der Waals surface area contributed by atoms with Gasteiger partial charge in [-0.25, -0.2) is 9.97 Å². The number of fused-ring (bicyclic) bond motifs is 1. The molecule has 0 aliphatic heterocycles. The number of aryl methyl sites for hydroxylation is 1. The summed E-state index contributed by atoms with van der Waals surface area (Å²) in [5, 5.41) is 4.89. The molecule has 0 spiro atoms. The molecular formula is C17H27N3S. The molecule has 4 heteroatoms. The molecule has 2 heterocycles. The Bertz CT molecular complexity index is 576. The maximum Gasteiger partial charge on any atom is 0.127 e. The van der Waals surface area contributed by atoms with Gasteiger partial charge in [0.2, 0.25) is 0 Å². The van der Waals surface area contributed by atoms with Crippen molar-refractivity contribution in [1.82, 2.24) is 15.3 Å². The fourth-order valence-electron chi connectivity index (χ4n) is 2.99. The van der Waals surface area contributed by atoms with E-state index >= 15 is 0 Å². The predicted octanol–water partition coefficient (Wildman–Crippen LogP) is 4.38. The molecule has 2 unspecified atom stereocenters. The van der Waals surface area contributed by atoms with Gasteiger partial charge in [0.1, 0.15) is 11.2 Å². The summed E-state index contributed by atoms with van der Waals surface area (Å²) in [6.07, 6.45) is 3.96. The van der Waals surface area contributed by atoms with Crippen LogP contribution in [-0.4, -0.2) is 22.6 Å². The lowest BCUT2D eigenvalue weighted by molar-refractivity contribution is 0.373. The monoisotopic (exact) mass is 305 g/mol. The topological polar surface area (TPSA) is 37.8 Å². The van der Waals surface area contributed by atoms with Gasteiger partial charge in [0, 0.05) is 22.2 Å². The van der Waals surface area contributed by atoms with Crippen LogP contribution < -0.4 is 5.32 Å². The Hall–Kier alpha value is -1.00. The average Bonchev–Trinajstić information content (AvgIpc) is 2.89. The molecule has 0 saturated heterocycles. The van der Waals surface area contributed by atoms with Crippen molar-refractivity contribution >= 4 is 21.6 Å². The number of hydrogen-bond acceptors (Lipinski definition) is 4. The Morgan fingerprint density at radius 2 is 1.95 bits per heavy atom. The number of nitrogens with one attached hydrogen (secondary N) is 1. The maximum atomic E-state index is 4.66. The molecule has 2 aromatic rings. The lowest BCUT2D eigenvalue weighted by Crippen LogP contribution is -2.35. The fraction of sp³-hybridized carbons (Fsp3) is 0.647. The third-order valence-corrected chi connectivity index (χ3v) is 5.24. The molecule has 0 radical (unpaired) electrons. The van der Waals surface area contributed by atoms with E-state index in [9.17, 15) is 0 Å². The Morgan fingerprint density at radius 3 is 2.57 bits per heavy atom. The van der Waals surface area contributed by atoms with Gasteiger partial charge in [-0.3, -0.25) is 0 Å². The van der Waals surface area contributed by atoms with Gasteiger partial charge < -0.3 is 5.32 Å². The highest BCUT2D eigenvalue weighted by Gasteiger charge is 2.26. The molecule has 0 aliphatic rings. The first-order chi connectivity index (χ1) is 10.1. The molecule has 0 amide bonds. The first-order valence-electron chi connectivity index (χ1n) is 8.05. The highest BCUT2D eigenvalue weighted by molar-refractivity contribution is 7.18. The number of rotatable bonds is 7. The lowest BCUT2D eigenvalue weighted by Gasteiger charge is -2.28. The summed E-state index contributed by atoms with van der Waals surface area (Å²) < 4.78 is 0. The SMILES string of the molecule is CCCNC(C)C(c1ncnc2sc(CC)cc12)C(C)C. The van der Waals surface area contributed by atoms with Crippen molar-refractivity contribution in [2.75, 3.05) is 6.54 Å². The summed E-state index contributed by atoms with van der Waals surface area (Å²) in [6.45, 7) is 12.3. The smallest absolute Gasteiger partial charge is 0.127 e. The Morgan fingerprint density at radius 1 is 1.19 bits per heavy atom. The van der Waals surface area contributed by atoms with Crippen LogP contribution in [0.15, 0.2) is 12.4 Å². The van der Waals surface area contributed by atoms with E-state index in [1.54, 1.807) is 17.7 Å². The van der Waals surface area contributed by atoms with Crippen LogP contribution in [0.4, 0.5) is 0 Å². The van der Waals surface area contributed by atoms with Crippen LogP contribution in [0.3, 0.4) is 0 Å². The molecule has 0 aliphatic carbocycles. The molecule has 2 aromatic heterocycles. The van der Waals surface area contributed by atoms with E-state index in [1.165, 1.54) is 16.0 Å². The molecule has 2 rings (SSSR count). The van der Waals surface area contributed by atoms with E-state index in [0.717, 1.165) is 24.2 Å². The number of thiophene rings is 1. The zero-order valence-corrected chi connectivity index (χ0v) is 14.6. The van der Waals surface area contributed by atoms with Crippen LogP contribution in [-0.2, 0) is 6.42 Å². The van der Waals surface area contributed by atoms with E-state index in [4.69, 9.17) is 0 Å². The number of nitrogens with zero attached hydrogens (tertiary/aromatic N) is 2. The van der Waals surface area contributed by atoms with E-state index in [1.807, 2.05) is 0 Å². The van der Waals surface area contributed by atoms with Gasteiger partial charge in [0.05, 0.1) is 5.69 Å². The minimum absolute atomic E-state index is 0.418. The van der Waals surface area contributed by atoms with E-state index in [-0.39, 0.29) is 0 Å². The van der Waals surface area contributed by atoms with Gasteiger partial charge in [-0.2, -0.15) is 0 Å². The quantitative estimate of drug-likeness (QED) is 0.825. The second-order valence-electron chi connectivity index (χ2n) is 6.06. The van der Waals surface area contributed by atoms with Gasteiger partial charge in [-0.1, -0.05) is 27.7 Å². The molecule has 0 fully saturated rings. The molecule has 3 nitrogen and oxygen atoms in total. The summed E-state index contributed by atoms with van der Waals surface area (Å²) in [5.41, 5.74) is 1.21. The largest absolute Gasteiger partial charge is 0.314 e. The molecule has 0 saturated carbocycles. The van der Waals surface area contributed by atoms with Gasteiger partial charge >= 0.3 is 0 Å². The zero-order valence-electron chi connectivity index (χ0n) is 13.8. The van der Waals surface area contributed by atoms with Crippen molar-refractivity contribution in [2.45, 2.75) is 59.4 Å². The average molecular weight is 305 g/mol. The summed E-state index contributed by atoms with van der Waals surface area (Å²) in [6, 6.07) is 2.71. The van der Waals surface area contributed by atoms with Crippen LogP contribution in [0.1, 0.15) is 57.5 Å². The Kier molecular flexibility index (Phi) is 5.71. The number of hydrogen-bond donors (Lipinski definition) is 1. The Balaban J connectivity index is 2.42. The van der Waals surface area contributed by atoms with E-state index < -0.39 is 0 Å². The second-order valence-corrected chi connectivity index (χ2v) is 7.17. The third-order valence-electron chi connectivity index (χ3n) is 4.05. The van der Waals surface area contributed by atoms with Crippen molar-refractivity contribution in [3.63, 3.8) is 0 Å². The first kappa shape index (κ1) is 16.4. The molecular weight excluding hydrogens is 278 g/mol. The molecule has 0 bridgehead atoms. The van der Waals surface area contributed by atoms with Crippen LogP contribution in [0.2, 0.25) is 0 Å². The van der Waals surface area contributed by atoms with Crippen LogP contribution in [0.25, 0.3) is 10.2 Å². The van der Waals surface area contributed by atoms with Crippen LogP contribution in [0, 0.1) is 5.92 Å². The Labute approximate surface area is 132 Å². The van der Waals surface area contributed by atoms with Crippen LogP contribution >= 0.6 is 11.3 Å². The molecule has 1 N–H and O–H groups in total. The van der Waals surface area contributed by atoms with Crippen molar-refractivity contribution in [3.05, 3.63) is 23.0 Å². The molecule has 21 heavy (non-hydrogen) atoms. The van der Waals surface area contributed by atoms with Crippen molar-refractivity contribution in [1.29, 1.82) is 0 Å². The van der Waals surface area contributed by atoms with Gasteiger partial charge in [-0.15, -0.1) is 11.3 Å². The van der Waals surface area contributed by atoms with Crippen molar-refractivity contribution in [2.24, 2.45) is 5.92 Å². The fourth-order valence-corrected chi connectivity index (χ4v) is 3.94. The summed E-state index contributed by atoms with van der Waals surface area (Å²) in [4.78, 5) is 11.6. The predicted molar refractivity (Wildman–Crippen MR) is 92.1 cm³/mol. The summed E-state index contributed by atoms with van der Waals surface area (Å²) in [5.74, 6) is 0.966. The normalized spacial score (nSPS) is 14.8. The summed E-state index contributed by atoms with van der Waals surface area (Å²) >= 11 is 1.80. The van der Waals surface area contributed by atoms with Gasteiger partial charge in [0.25, 0.3) is 0 Å². The standard InChI is InChI=1S/C17H27N3S/c1-6-8-18-12(5)15(11(3)4)16-14-9-13(7-2)21-17(14)20-10-19-16/h9-12,15,18H,6-8H2,1-5H3. The highest BCUT2D eigenvalue weighted by Crippen LogP contribution is 2.34. The minimum Gasteiger partial charge on any atom is -0.314 e. The second kappa shape index (κ2) is 7.32. The molecule has 2 atom stereocenters. The van der Waals surface area contributed by atoms with E-state index in [2.05, 4.69) is 56.0 Å². The highest BCUT2D eigenvalue weighted by atomic mass is 32.1. The molecule has 116 valence electrons. The van der Waals surface area contributed by atoms with Crippen molar-refractivity contribution in [3.8, 4) is 0 Å². The summed E-state index contributed by atoms with van der Waals surface area (Å²) in [7, 11) is 0. The minimum atomic E-state index is 0.418. The molecule has 0 aromatic carbocycles. The first-order valence-corrected chi connectivity index (χ1v) is 8.86. The van der Waals surface area contributed by atoms with Gasteiger partial charge in [0.15, 0.2) is 0 Å². The van der Waals surface area contributed by atoms with Gasteiger partial charge in [-0.05, 0) is 38.3 Å². The third kappa shape index (κ3) is 3.61. The van der Waals surface area contributed by atoms with Crippen LogP contribution in [0.5, 0.6) is 0 Å². The number of aromatic nitrogens is 2. The zero-order chi connectivity index (χ0) is 15.4. The maximum absolute atomic E-state index is 4.66. The lowest BCUT2D eigenvalue weighted by atomic mass is 9.85. The van der Waals surface area contributed by atoms with E-state index in [0.29, 0.717) is 17.9 Å². The van der Waals surface area contributed by atoms with Crippen molar-refractivity contribution < 1.29 is 0 Å².